The molecule has 1 fully saturated rings. The second-order valence-electron chi connectivity index (χ2n) is 7.54. The molecule has 0 aliphatic carbocycles. The van der Waals surface area contributed by atoms with Crippen molar-refractivity contribution in [1.29, 1.82) is 0 Å². The first kappa shape index (κ1) is 19.0. The van der Waals surface area contributed by atoms with E-state index in [2.05, 4.69) is 10.3 Å². The summed E-state index contributed by atoms with van der Waals surface area (Å²) >= 11 is 12.0. The van der Waals surface area contributed by atoms with Crippen LogP contribution in [0.15, 0.2) is 23.2 Å². The fourth-order valence-corrected chi connectivity index (χ4v) is 3.32. The van der Waals surface area contributed by atoms with E-state index in [-0.39, 0.29) is 12.0 Å². The average molecular weight is 398 g/mol. The van der Waals surface area contributed by atoms with Gasteiger partial charge in [-0.1, -0.05) is 29.3 Å². The van der Waals surface area contributed by atoms with Crippen LogP contribution in [-0.4, -0.2) is 47.0 Å². The highest BCUT2D eigenvalue weighted by molar-refractivity contribution is 6.48. The van der Waals surface area contributed by atoms with Gasteiger partial charge in [0.2, 0.25) is 0 Å². The van der Waals surface area contributed by atoms with Gasteiger partial charge in [-0.05, 0) is 32.9 Å². The zero-order valence-corrected chi connectivity index (χ0v) is 16.4. The van der Waals surface area contributed by atoms with Gasteiger partial charge < -0.3 is 15.0 Å². The number of nitrogens with one attached hydrogen (secondary N) is 1. The molecule has 1 aromatic rings. The highest BCUT2D eigenvalue weighted by Gasteiger charge is 2.43. The maximum absolute atomic E-state index is 12.4. The zero-order chi connectivity index (χ0) is 19.1. The number of nitrogens with zero attached hydrogens (tertiary/aromatic N) is 2. The van der Waals surface area contributed by atoms with Crippen molar-refractivity contribution in [2.45, 2.75) is 44.9 Å². The minimum atomic E-state index is -0.683. The van der Waals surface area contributed by atoms with Crippen LogP contribution in [0.5, 0.6) is 0 Å². The molecule has 0 radical (unpaired) electrons. The Morgan fingerprint density at radius 2 is 1.88 bits per heavy atom. The summed E-state index contributed by atoms with van der Waals surface area (Å²) in [6.45, 7) is 6.44. The van der Waals surface area contributed by atoms with E-state index in [4.69, 9.17) is 27.9 Å². The quantitative estimate of drug-likeness (QED) is 0.785. The molecule has 1 spiro atoms. The fraction of sp³-hybridized carbons (Fsp3) is 0.500. The van der Waals surface area contributed by atoms with E-state index >= 15 is 0 Å². The lowest BCUT2D eigenvalue weighted by atomic mass is 9.98. The average Bonchev–Trinajstić information content (AvgIpc) is 2.85. The van der Waals surface area contributed by atoms with Crippen molar-refractivity contribution < 1.29 is 14.3 Å². The summed E-state index contributed by atoms with van der Waals surface area (Å²) in [6, 6.07) is 5.00. The first-order valence-corrected chi connectivity index (χ1v) is 9.20. The number of rotatable bonds is 1. The molecule has 0 atom stereocenters. The molecule has 2 aliphatic rings. The molecule has 1 saturated heterocycles. The van der Waals surface area contributed by atoms with E-state index in [1.807, 2.05) is 20.8 Å². The number of aliphatic imine (C=N–C) groups is 1. The topological polar surface area (TPSA) is 71.0 Å². The summed E-state index contributed by atoms with van der Waals surface area (Å²) in [5.74, 6) is -0.242. The van der Waals surface area contributed by atoms with Gasteiger partial charge in [-0.15, -0.1) is 0 Å². The van der Waals surface area contributed by atoms with Gasteiger partial charge in [0.1, 0.15) is 17.0 Å². The molecular formula is C18H21Cl2N3O3. The van der Waals surface area contributed by atoms with Gasteiger partial charge in [-0.25, -0.2) is 4.79 Å². The first-order chi connectivity index (χ1) is 12.1. The van der Waals surface area contributed by atoms with Crippen LogP contribution in [-0.2, 0) is 9.53 Å². The molecule has 0 aromatic heterocycles. The fourth-order valence-electron chi connectivity index (χ4n) is 3.02. The lowest BCUT2D eigenvalue weighted by molar-refractivity contribution is -0.115. The maximum Gasteiger partial charge on any atom is 0.410 e. The van der Waals surface area contributed by atoms with E-state index in [1.165, 1.54) is 0 Å². The van der Waals surface area contributed by atoms with Crippen LogP contribution in [0.4, 0.5) is 4.79 Å². The number of amides is 2. The Kier molecular flexibility index (Phi) is 4.92. The molecule has 1 aromatic carbocycles. The van der Waals surface area contributed by atoms with Crippen LogP contribution in [0, 0.1) is 0 Å². The number of halogens is 2. The minimum Gasteiger partial charge on any atom is -0.444 e. The predicted octanol–water partition coefficient (Wildman–Crippen LogP) is 3.64. The van der Waals surface area contributed by atoms with E-state index in [9.17, 15) is 9.59 Å². The van der Waals surface area contributed by atoms with Crippen molar-refractivity contribution >= 4 is 40.9 Å². The van der Waals surface area contributed by atoms with Crippen LogP contribution in [0.25, 0.3) is 0 Å². The summed E-state index contributed by atoms with van der Waals surface area (Å²) in [5.41, 5.74) is -0.248. The number of hydrogen-bond acceptors (Lipinski definition) is 4. The Bertz CT molecular complexity index is 778. The van der Waals surface area contributed by atoms with Crippen molar-refractivity contribution in [1.82, 2.24) is 10.2 Å². The Morgan fingerprint density at radius 3 is 2.46 bits per heavy atom. The number of benzene rings is 1. The number of piperidine rings is 1. The van der Waals surface area contributed by atoms with Crippen molar-refractivity contribution in [3.63, 3.8) is 0 Å². The van der Waals surface area contributed by atoms with E-state index in [0.29, 0.717) is 47.3 Å². The van der Waals surface area contributed by atoms with Crippen LogP contribution in [0.2, 0.25) is 10.0 Å². The molecule has 26 heavy (non-hydrogen) atoms. The molecule has 2 amide bonds. The minimum absolute atomic E-state index is 0.242. The first-order valence-electron chi connectivity index (χ1n) is 8.44. The zero-order valence-electron chi connectivity index (χ0n) is 14.9. The van der Waals surface area contributed by atoms with Crippen LogP contribution in [0.1, 0.15) is 39.2 Å². The molecular weight excluding hydrogens is 377 g/mol. The molecule has 0 bridgehead atoms. The lowest BCUT2D eigenvalue weighted by Crippen LogP contribution is -2.53. The molecule has 0 saturated carbocycles. The summed E-state index contributed by atoms with van der Waals surface area (Å²) in [4.78, 5) is 30.9. The Morgan fingerprint density at radius 1 is 1.23 bits per heavy atom. The summed E-state index contributed by atoms with van der Waals surface area (Å²) in [5, 5.41) is 3.76. The smallest absolute Gasteiger partial charge is 0.410 e. The number of carbonyl (C=O) groups is 2. The second kappa shape index (κ2) is 6.74. The highest BCUT2D eigenvalue weighted by Crippen LogP contribution is 2.31. The number of ether oxygens (including phenoxy) is 1. The van der Waals surface area contributed by atoms with E-state index in [0.717, 1.165) is 0 Å². The molecule has 8 heteroatoms. The molecule has 0 unspecified atom stereocenters. The Hall–Kier alpha value is -1.79. The largest absolute Gasteiger partial charge is 0.444 e. The maximum atomic E-state index is 12.4. The van der Waals surface area contributed by atoms with Gasteiger partial charge in [-0.2, -0.15) is 0 Å². The summed E-state index contributed by atoms with van der Waals surface area (Å²) < 4.78 is 5.40. The third kappa shape index (κ3) is 3.96. The second-order valence-corrected chi connectivity index (χ2v) is 8.36. The van der Waals surface area contributed by atoms with Crippen molar-refractivity contribution in [3.8, 4) is 0 Å². The summed E-state index contributed by atoms with van der Waals surface area (Å²) in [6.07, 6.45) is 0.719. The third-order valence-corrected chi connectivity index (χ3v) is 5.06. The molecule has 2 heterocycles. The Balaban J connectivity index is 1.73. The van der Waals surface area contributed by atoms with Crippen molar-refractivity contribution in [2.75, 3.05) is 13.1 Å². The third-order valence-electron chi connectivity index (χ3n) is 4.32. The number of carbonyl (C=O) groups excluding carboxylic acids is 2. The van der Waals surface area contributed by atoms with Gasteiger partial charge in [0, 0.05) is 31.5 Å². The van der Waals surface area contributed by atoms with Gasteiger partial charge in [-0.3, -0.25) is 9.79 Å². The molecule has 2 aliphatic heterocycles. The monoisotopic (exact) mass is 397 g/mol. The van der Waals surface area contributed by atoms with Gasteiger partial charge in [0.05, 0.1) is 10.0 Å². The van der Waals surface area contributed by atoms with Crippen molar-refractivity contribution in [2.24, 2.45) is 4.99 Å². The van der Waals surface area contributed by atoms with Gasteiger partial charge in [0.15, 0.2) is 0 Å². The Labute approximate surface area is 162 Å². The molecule has 1 N–H and O–H groups in total. The molecule has 140 valence electrons. The standard InChI is InChI=1S/C18H21Cl2N3O3/c1-17(2,3)26-16(25)23-8-6-18(7-9-23)21-14(15(24)22-18)11-4-5-12(19)13(20)10-11/h4-5,10H,6-9H2,1-3H3,(H,22,24). The lowest BCUT2D eigenvalue weighted by Gasteiger charge is -2.37. The van der Waals surface area contributed by atoms with Crippen LogP contribution >= 0.6 is 23.2 Å². The van der Waals surface area contributed by atoms with Crippen molar-refractivity contribution in [3.05, 3.63) is 33.8 Å². The van der Waals surface area contributed by atoms with E-state index in [1.54, 1.807) is 23.1 Å². The van der Waals surface area contributed by atoms with Gasteiger partial charge >= 0.3 is 6.09 Å². The van der Waals surface area contributed by atoms with Gasteiger partial charge in [0.25, 0.3) is 5.91 Å². The van der Waals surface area contributed by atoms with Crippen LogP contribution < -0.4 is 5.32 Å². The highest BCUT2D eigenvalue weighted by atomic mass is 35.5. The van der Waals surface area contributed by atoms with E-state index < -0.39 is 11.3 Å². The SMILES string of the molecule is CC(C)(C)OC(=O)N1CCC2(CC1)N=C(c1ccc(Cl)c(Cl)c1)C(=O)N2. The number of likely N-dealkylation sites (tertiary alicyclic amines) is 1. The van der Waals surface area contributed by atoms with Crippen LogP contribution in [0.3, 0.4) is 0 Å². The molecule has 6 nitrogen and oxygen atoms in total. The summed E-state index contributed by atoms with van der Waals surface area (Å²) in [7, 11) is 0. The molecule has 3 rings (SSSR count). The predicted molar refractivity (Wildman–Crippen MR) is 101 cm³/mol. The normalized spacial score (nSPS) is 19.3. The number of hydrogen-bond donors (Lipinski definition) is 1.